The summed E-state index contributed by atoms with van der Waals surface area (Å²) >= 11 is 1.49. The summed E-state index contributed by atoms with van der Waals surface area (Å²) in [5.41, 5.74) is 1.15. The Bertz CT molecular complexity index is 822. The van der Waals surface area contributed by atoms with Gasteiger partial charge in [-0.25, -0.2) is 4.98 Å². The van der Waals surface area contributed by atoms with Gasteiger partial charge in [-0.2, -0.15) is 9.61 Å². The Balaban J connectivity index is 1.81. The Hall–Kier alpha value is -1.96. The first-order chi connectivity index (χ1) is 11.6. The van der Waals surface area contributed by atoms with E-state index in [9.17, 15) is 5.11 Å². The second kappa shape index (κ2) is 6.16. The van der Waals surface area contributed by atoms with Crippen molar-refractivity contribution in [3.8, 4) is 5.88 Å². The SMILES string of the molecule is C[C@@H]1CN([C@@H](c2ccccc2)c2sc3ncnn3c2O)C[C@H](C)O1. The number of hydrogen-bond acceptors (Lipinski definition) is 6. The van der Waals surface area contributed by atoms with E-state index in [1.807, 2.05) is 18.2 Å². The highest BCUT2D eigenvalue weighted by atomic mass is 32.1. The normalized spacial score (nSPS) is 23.6. The third-order valence-electron chi connectivity index (χ3n) is 4.32. The summed E-state index contributed by atoms with van der Waals surface area (Å²) in [7, 11) is 0. The standard InChI is InChI=1S/C17H20N4O2S/c1-11-8-20(9-12(2)23-11)14(13-6-4-3-5-7-13)15-16(22)21-17(24-15)18-10-19-21/h3-7,10-12,14,22H,8-9H2,1-2H3/t11-,12+,14-/m0/s1. The molecule has 3 atom stereocenters. The van der Waals surface area contributed by atoms with Crippen molar-refractivity contribution in [2.45, 2.75) is 32.1 Å². The van der Waals surface area contributed by atoms with Gasteiger partial charge in [0.15, 0.2) is 0 Å². The third-order valence-corrected chi connectivity index (χ3v) is 5.40. The van der Waals surface area contributed by atoms with Gasteiger partial charge in [0.1, 0.15) is 6.33 Å². The summed E-state index contributed by atoms with van der Waals surface area (Å²) in [6.45, 7) is 5.81. The van der Waals surface area contributed by atoms with Crippen LogP contribution in [-0.2, 0) is 4.74 Å². The number of morpholine rings is 1. The Kier molecular flexibility index (Phi) is 3.99. The number of rotatable bonds is 3. The summed E-state index contributed by atoms with van der Waals surface area (Å²) in [5, 5.41) is 14.8. The number of nitrogens with zero attached hydrogens (tertiary/aromatic N) is 4. The van der Waals surface area contributed by atoms with Gasteiger partial charge in [0.2, 0.25) is 10.8 Å². The minimum atomic E-state index is -0.0338. The van der Waals surface area contributed by atoms with Crippen molar-refractivity contribution in [1.29, 1.82) is 0 Å². The summed E-state index contributed by atoms with van der Waals surface area (Å²) in [6, 6.07) is 10.2. The number of thiazole rings is 1. The minimum absolute atomic E-state index is 0.0338. The molecule has 1 fully saturated rings. The second-order valence-corrected chi connectivity index (χ2v) is 7.28. The molecule has 1 aromatic carbocycles. The van der Waals surface area contributed by atoms with E-state index in [-0.39, 0.29) is 24.1 Å². The fraction of sp³-hybridized carbons (Fsp3) is 0.412. The van der Waals surface area contributed by atoms with E-state index in [2.05, 4.69) is 41.0 Å². The predicted molar refractivity (Wildman–Crippen MR) is 92.4 cm³/mol. The van der Waals surface area contributed by atoms with Crippen LogP contribution in [0.1, 0.15) is 30.3 Å². The number of hydrogen-bond donors (Lipinski definition) is 1. The van der Waals surface area contributed by atoms with E-state index in [0.717, 1.165) is 23.5 Å². The third kappa shape index (κ3) is 2.68. The van der Waals surface area contributed by atoms with E-state index in [1.165, 1.54) is 22.2 Å². The van der Waals surface area contributed by atoms with Gasteiger partial charge in [0.05, 0.1) is 23.1 Å². The van der Waals surface area contributed by atoms with Crippen LogP contribution in [0.15, 0.2) is 36.7 Å². The molecule has 6 nitrogen and oxygen atoms in total. The van der Waals surface area contributed by atoms with Gasteiger partial charge in [-0.15, -0.1) is 0 Å². The van der Waals surface area contributed by atoms with Crippen LogP contribution in [0.2, 0.25) is 0 Å². The topological polar surface area (TPSA) is 62.9 Å². The molecule has 0 spiro atoms. The first-order valence-corrected chi connectivity index (χ1v) is 8.91. The van der Waals surface area contributed by atoms with Gasteiger partial charge in [-0.3, -0.25) is 4.90 Å². The molecule has 0 aliphatic carbocycles. The first kappa shape index (κ1) is 15.6. The maximum absolute atomic E-state index is 10.7. The molecule has 1 aliphatic rings. The van der Waals surface area contributed by atoms with Crippen molar-refractivity contribution in [2.75, 3.05) is 13.1 Å². The molecule has 0 radical (unpaired) electrons. The molecule has 3 aromatic rings. The van der Waals surface area contributed by atoms with Crippen LogP contribution in [0.25, 0.3) is 4.96 Å². The maximum atomic E-state index is 10.7. The molecular formula is C17H20N4O2S. The minimum Gasteiger partial charge on any atom is -0.492 e. The molecule has 24 heavy (non-hydrogen) atoms. The highest BCUT2D eigenvalue weighted by Crippen LogP contribution is 2.40. The lowest BCUT2D eigenvalue weighted by Gasteiger charge is -2.40. The molecule has 1 saturated heterocycles. The van der Waals surface area contributed by atoms with Crippen LogP contribution in [0, 0.1) is 0 Å². The van der Waals surface area contributed by atoms with Crippen molar-refractivity contribution in [1.82, 2.24) is 19.5 Å². The van der Waals surface area contributed by atoms with E-state index in [4.69, 9.17) is 4.74 Å². The largest absolute Gasteiger partial charge is 0.492 e. The van der Waals surface area contributed by atoms with Crippen molar-refractivity contribution >= 4 is 16.3 Å². The second-order valence-electron chi connectivity index (χ2n) is 6.27. The molecule has 1 N–H and O–H groups in total. The molecule has 126 valence electrons. The smallest absolute Gasteiger partial charge is 0.230 e. The molecule has 2 aromatic heterocycles. The van der Waals surface area contributed by atoms with E-state index in [1.54, 1.807) is 0 Å². The monoisotopic (exact) mass is 344 g/mol. The summed E-state index contributed by atoms with van der Waals surface area (Å²) < 4.78 is 7.39. The van der Waals surface area contributed by atoms with Crippen LogP contribution in [-0.4, -0.2) is 49.9 Å². The molecule has 4 rings (SSSR count). The lowest BCUT2D eigenvalue weighted by molar-refractivity contribution is -0.0764. The van der Waals surface area contributed by atoms with Gasteiger partial charge in [-0.1, -0.05) is 41.7 Å². The van der Waals surface area contributed by atoms with E-state index in [0.29, 0.717) is 4.96 Å². The number of aromatic nitrogens is 3. The molecule has 0 unspecified atom stereocenters. The van der Waals surface area contributed by atoms with Gasteiger partial charge in [0.25, 0.3) is 0 Å². The lowest BCUT2D eigenvalue weighted by Crippen LogP contribution is -2.47. The number of fused-ring (bicyclic) bond motifs is 1. The summed E-state index contributed by atoms with van der Waals surface area (Å²) in [6.07, 6.45) is 1.78. The molecule has 0 saturated carbocycles. The Morgan fingerprint density at radius 2 is 1.92 bits per heavy atom. The van der Waals surface area contributed by atoms with Gasteiger partial charge < -0.3 is 9.84 Å². The molecule has 0 bridgehead atoms. The van der Waals surface area contributed by atoms with Crippen LogP contribution >= 0.6 is 11.3 Å². The average molecular weight is 344 g/mol. The molecule has 1 aliphatic heterocycles. The molecular weight excluding hydrogens is 324 g/mol. The molecule has 3 heterocycles. The highest BCUT2D eigenvalue weighted by Gasteiger charge is 2.33. The fourth-order valence-electron chi connectivity index (χ4n) is 3.46. The molecule has 7 heteroatoms. The lowest BCUT2D eigenvalue weighted by atomic mass is 10.0. The van der Waals surface area contributed by atoms with Gasteiger partial charge in [0, 0.05) is 13.1 Å². The summed E-state index contributed by atoms with van der Waals surface area (Å²) in [4.78, 5) is 8.17. The number of benzene rings is 1. The quantitative estimate of drug-likeness (QED) is 0.791. The Morgan fingerprint density at radius 3 is 2.58 bits per heavy atom. The van der Waals surface area contributed by atoms with Crippen LogP contribution < -0.4 is 0 Å². The van der Waals surface area contributed by atoms with Crippen molar-refractivity contribution < 1.29 is 9.84 Å². The van der Waals surface area contributed by atoms with Crippen molar-refractivity contribution in [3.05, 3.63) is 47.1 Å². The van der Waals surface area contributed by atoms with Crippen LogP contribution in [0.4, 0.5) is 0 Å². The number of aromatic hydroxyl groups is 1. The highest BCUT2D eigenvalue weighted by molar-refractivity contribution is 7.17. The average Bonchev–Trinajstić information content (AvgIpc) is 3.12. The van der Waals surface area contributed by atoms with Gasteiger partial charge >= 0.3 is 0 Å². The van der Waals surface area contributed by atoms with E-state index < -0.39 is 0 Å². The van der Waals surface area contributed by atoms with Gasteiger partial charge in [-0.05, 0) is 19.4 Å². The zero-order valence-corrected chi connectivity index (χ0v) is 14.5. The van der Waals surface area contributed by atoms with Crippen LogP contribution in [0.5, 0.6) is 5.88 Å². The summed E-state index contributed by atoms with van der Waals surface area (Å²) in [5.74, 6) is 0.174. The zero-order valence-electron chi connectivity index (χ0n) is 13.7. The Morgan fingerprint density at radius 1 is 1.21 bits per heavy atom. The van der Waals surface area contributed by atoms with Crippen LogP contribution in [0.3, 0.4) is 0 Å². The maximum Gasteiger partial charge on any atom is 0.230 e. The zero-order chi connectivity index (χ0) is 16.7. The molecule has 0 amide bonds. The predicted octanol–water partition coefficient (Wildman–Crippen LogP) is 2.70. The fourth-order valence-corrected chi connectivity index (χ4v) is 4.56. The number of ether oxygens (including phenoxy) is 1. The van der Waals surface area contributed by atoms with Crippen molar-refractivity contribution in [2.24, 2.45) is 0 Å². The van der Waals surface area contributed by atoms with E-state index >= 15 is 0 Å². The Labute approximate surface area is 144 Å². The van der Waals surface area contributed by atoms with Crippen molar-refractivity contribution in [3.63, 3.8) is 0 Å². The first-order valence-electron chi connectivity index (χ1n) is 8.09.